The normalized spacial score (nSPS) is 18.8. The van der Waals surface area contributed by atoms with Crippen LogP contribution in [0.15, 0.2) is 30.3 Å². The number of hydrogen-bond acceptors (Lipinski definition) is 2. The van der Waals surface area contributed by atoms with Crippen molar-refractivity contribution in [3.63, 3.8) is 0 Å². The first-order valence-corrected chi connectivity index (χ1v) is 6.27. The van der Waals surface area contributed by atoms with Crippen LogP contribution in [-0.4, -0.2) is 37.0 Å². The molecule has 1 N–H and O–H groups in total. The fraction of sp³-hybridized carbons (Fsp3) is 0.500. The molecule has 0 saturated carbocycles. The molecule has 4 heteroatoms. The minimum Gasteiger partial charge on any atom is -0.341 e. The lowest BCUT2D eigenvalue weighted by atomic mass is 10.1. The van der Waals surface area contributed by atoms with Crippen LogP contribution in [-0.2, 0) is 11.2 Å². The molecule has 0 bridgehead atoms. The van der Waals surface area contributed by atoms with Crippen LogP contribution < -0.4 is 5.32 Å². The second kappa shape index (κ2) is 7.39. The van der Waals surface area contributed by atoms with Gasteiger partial charge in [-0.1, -0.05) is 30.3 Å². The molecule has 1 saturated heterocycles. The highest BCUT2D eigenvalue weighted by molar-refractivity contribution is 5.85. The summed E-state index contributed by atoms with van der Waals surface area (Å²) in [6, 6.07) is 10.3. The summed E-state index contributed by atoms with van der Waals surface area (Å²) in [4.78, 5) is 14.0. The Morgan fingerprint density at radius 2 is 2.11 bits per heavy atom. The van der Waals surface area contributed by atoms with E-state index in [0.717, 1.165) is 31.5 Å². The second-order valence-corrected chi connectivity index (χ2v) is 4.67. The Kier molecular flexibility index (Phi) is 6.16. The molecule has 0 spiro atoms. The second-order valence-electron chi connectivity index (χ2n) is 4.67. The number of hydrogen-bond donors (Lipinski definition) is 1. The summed E-state index contributed by atoms with van der Waals surface area (Å²) >= 11 is 0. The van der Waals surface area contributed by atoms with Crippen molar-refractivity contribution < 1.29 is 4.79 Å². The molecule has 100 valence electrons. The number of likely N-dealkylation sites (N-methyl/N-ethyl adjacent to an activating group) is 1. The van der Waals surface area contributed by atoms with E-state index >= 15 is 0 Å². The van der Waals surface area contributed by atoms with Crippen molar-refractivity contribution in [3.8, 4) is 0 Å². The van der Waals surface area contributed by atoms with Crippen molar-refractivity contribution in [1.29, 1.82) is 0 Å². The number of amides is 1. The third-order valence-electron chi connectivity index (χ3n) is 3.41. The monoisotopic (exact) mass is 268 g/mol. The smallest absolute Gasteiger partial charge is 0.227 e. The SMILES string of the molecule is CN(C(=O)Cc1ccccc1)C1CCCNC1.Cl. The van der Waals surface area contributed by atoms with E-state index in [1.54, 1.807) is 0 Å². The molecule has 18 heavy (non-hydrogen) atoms. The van der Waals surface area contributed by atoms with E-state index in [4.69, 9.17) is 0 Å². The van der Waals surface area contributed by atoms with Crippen LogP contribution in [0, 0.1) is 0 Å². The van der Waals surface area contributed by atoms with E-state index in [2.05, 4.69) is 5.32 Å². The van der Waals surface area contributed by atoms with Crippen molar-refractivity contribution in [2.75, 3.05) is 20.1 Å². The number of carbonyl (C=O) groups excluding carboxylic acids is 1. The van der Waals surface area contributed by atoms with Gasteiger partial charge in [0.05, 0.1) is 6.42 Å². The van der Waals surface area contributed by atoms with Gasteiger partial charge in [0.25, 0.3) is 0 Å². The molecule has 2 rings (SSSR count). The third kappa shape index (κ3) is 4.00. The fourth-order valence-corrected chi connectivity index (χ4v) is 2.26. The fourth-order valence-electron chi connectivity index (χ4n) is 2.26. The van der Waals surface area contributed by atoms with Gasteiger partial charge in [-0.3, -0.25) is 4.79 Å². The van der Waals surface area contributed by atoms with Crippen LogP contribution in [0.4, 0.5) is 0 Å². The molecule has 1 unspecified atom stereocenters. The van der Waals surface area contributed by atoms with Gasteiger partial charge in [-0.05, 0) is 24.9 Å². The lowest BCUT2D eigenvalue weighted by Gasteiger charge is -2.31. The Morgan fingerprint density at radius 3 is 2.72 bits per heavy atom. The van der Waals surface area contributed by atoms with E-state index in [1.807, 2.05) is 42.3 Å². The van der Waals surface area contributed by atoms with Gasteiger partial charge >= 0.3 is 0 Å². The summed E-state index contributed by atoms with van der Waals surface area (Å²) < 4.78 is 0. The summed E-state index contributed by atoms with van der Waals surface area (Å²) in [5, 5.41) is 3.34. The van der Waals surface area contributed by atoms with Crippen LogP contribution in [0.25, 0.3) is 0 Å². The number of nitrogens with zero attached hydrogens (tertiary/aromatic N) is 1. The average molecular weight is 269 g/mol. The molecule has 1 aliphatic rings. The van der Waals surface area contributed by atoms with Gasteiger partial charge in [0, 0.05) is 19.6 Å². The van der Waals surface area contributed by atoms with Crippen LogP contribution >= 0.6 is 12.4 Å². The maximum atomic E-state index is 12.1. The average Bonchev–Trinajstić information content (AvgIpc) is 2.40. The molecular formula is C14H21ClN2O. The quantitative estimate of drug-likeness (QED) is 0.908. The highest BCUT2D eigenvalue weighted by atomic mass is 35.5. The van der Waals surface area contributed by atoms with Gasteiger partial charge < -0.3 is 10.2 Å². The van der Waals surface area contributed by atoms with E-state index in [9.17, 15) is 4.79 Å². The van der Waals surface area contributed by atoms with E-state index in [-0.39, 0.29) is 18.3 Å². The molecule has 1 aliphatic heterocycles. The third-order valence-corrected chi connectivity index (χ3v) is 3.41. The Balaban J connectivity index is 0.00000162. The van der Waals surface area contributed by atoms with Crippen molar-refractivity contribution >= 4 is 18.3 Å². The van der Waals surface area contributed by atoms with Crippen LogP contribution in [0.2, 0.25) is 0 Å². The predicted molar refractivity (Wildman–Crippen MR) is 76.1 cm³/mol. The molecule has 1 aromatic carbocycles. The van der Waals surface area contributed by atoms with Gasteiger partial charge in [-0.25, -0.2) is 0 Å². The van der Waals surface area contributed by atoms with Gasteiger partial charge in [0.2, 0.25) is 5.91 Å². The van der Waals surface area contributed by atoms with E-state index in [1.165, 1.54) is 0 Å². The zero-order chi connectivity index (χ0) is 12.1. The number of benzene rings is 1. The van der Waals surface area contributed by atoms with Gasteiger partial charge in [0.15, 0.2) is 0 Å². The standard InChI is InChI=1S/C14H20N2O.ClH/c1-16(13-8-5-9-15-11-13)14(17)10-12-6-3-2-4-7-12;/h2-4,6-7,13,15H,5,8-11H2,1H3;1H. The first-order valence-electron chi connectivity index (χ1n) is 6.27. The largest absolute Gasteiger partial charge is 0.341 e. The molecule has 3 nitrogen and oxygen atoms in total. The Labute approximate surface area is 115 Å². The van der Waals surface area contributed by atoms with Gasteiger partial charge in [0.1, 0.15) is 0 Å². The van der Waals surface area contributed by atoms with Gasteiger partial charge in [-0.2, -0.15) is 0 Å². The molecule has 1 heterocycles. The topological polar surface area (TPSA) is 32.3 Å². The Bertz CT molecular complexity index is 363. The maximum Gasteiger partial charge on any atom is 0.227 e. The van der Waals surface area contributed by atoms with Crippen molar-refractivity contribution in [3.05, 3.63) is 35.9 Å². The van der Waals surface area contributed by atoms with E-state index < -0.39 is 0 Å². The zero-order valence-electron chi connectivity index (χ0n) is 10.8. The lowest BCUT2D eigenvalue weighted by molar-refractivity contribution is -0.131. The van der Waals surface area contributed by atoms with Crippen molar-refractivity contribution in [2.24, 2.45) is 0 Å². The molecule has 0 aromatic heterocycles. The summed E-state index contributed by atoms with van der Waals surface area (Å²) in [7, 11) is 1.92. The lowest BCUT2D eigenvalue weighted by Crippen LogP contribution is -2.47. The van der Waals surface area contributed by atoms with E-state index in [0.29, 0.717) is 12.5 Å². The molecule has 0 radical (unpaired) electrons. The number of nitrogens with one attached hydrogen (secondary N) is 1. The highest BCUT2D eigenvalue weighted by Crippen LogP contribution is 2.10. The highest BCUT2D eigenvalue weighted by Gasteiger charge is 2.21. The van der Waals surface area contributed by atoms with Crippen LogP contribution in [0.5, 0.6) is 0 Å². The molecular weight excluding hydrogens is 248 g/mol. The van der Waals surface area contributed by atoms with Crippen LogP contribution in [0.1, 0.15) is 18.4 Å². The minimum absolute atomic E-state index is 0. The van der Waals surface area contributed by atoms with Crippen molar-refractivity contribution in [1.82, 2.24) is 10.2 Å². The maximum absolute atomic E-state index is 12.1. The summed E-state index contributed by atoms with van der Waals surface area (Å²) in [6.45, 7) is 2.01. The number of piperidine rings is 1. The van der Waals surface area contributed by atoms with Gasteiger partial charge in [-0.15, -0.1) is 12.4 Å². The summed E-state index contributed by atoms with van der Waals surface area (Å²) in [6.07, 6.45) is 2.78. The zero-order valence-corrected chi connectivity index (χ0v) is 11.6. The predicted octanol–water partition coefficient (Wildman–Crippen LogP) is 1.86. The minimum atomic E-state index is 0. The first-order chi connectivity index (χ1) is 8.27. The molecule has 1 fully saturated rings. The molecule has 1 amide bonds. The number of rotatable bonds is 3. The van der Waals surface area contributed by atoms with Crippen LogP contribution in [0.3, 0.4) is 0 Å². The first kappa shape index (κ1) is 15.0. The number of carbonyl (C=O) groups is 1. The summed E-state index contributed by atoms with van der Waals surface area (Å²) in [5.41, 5.74) is 1.09. The van der Waals surface area contributed by atoms with Crippen molar-refractivity contribution in [2.45, 2.75) is 25.3 Å². The molecule has 1 aromatic rings. The summed E-state index contributed by atoms with van der Waals surface area (Å²) in [5.74, 6) is 0.213. The number of halogens is 1. The Morgan fingerprint density at radius 1 is 1.39 bits per heavy atom. The Hall–Kier alpha value is -1.06. The molecule has 1 atom stereocenters. The molecule has 0 aliphatic carbocycles.